The summed E-state index contributed by atoms with van der Waals surface area (Å²) in [5, 5.41) is 38.5. The van der Waals surface area contributed by atoms with Crippen LogP contribution in [-0.4, -0.2) is 141 Å². The van der Waals surface area contributed by atoms with Gasteiger partial charge in [0.2, 0.25) is 0 Å². The van der Waals surface area contributed by atoms with Gasteiger partial charge in [0.15, 0.2) is 25.0 Å². The first kappa shape index (κ1) is 33.7. The Morgan fingerprint density at radius 2 is 1.19 bits per heavy atom. The molecular weight excluding hydrogens is 711 g/mol. The highest BCUT2D eigenvalue weighted by Crippen LogP contribution is 2.42. The highest BCUT2D eigenvalue weighted by Gasteiger charge is 2.62. The van der Waals surface area contributed by atoms with Gasteiger partial charge in [-0.05, 0) is 19.1 Å². The number of rotatable bonds is 3. The van der Waals surface area contributed by atoms with E-state index in [1.807, 2.05) is 6.92 Å². The molecule has 17 heteroatoms. The Morgan fingerprint density at radius 3 is 1.91 bits per heavy atom. The van der Waals surface area contributed by atoms with Gasteiger partial charge >= 0.3 is 0 Å². The first-order valence-electron chi connectivity index (χ1n) is 13.4. The molecule has 6 bridgehead atoms. The number of fused-ring (bicyclic) bond motifs is 10. The lowest BCUT2D eigenvalue weighted by Gasteiger charge is -2.34. The number of aliphatic hydroxyl groups is 4. The molecule has 0 saturated carbocycles. The lowest BCUT2D eigenvalue weighted by atomic mass is 10.0. The van der Waals surface area contributed by atoms with Crippen molar-refractivity contribution in [3.05, 3.63) is 29.8 Å². The Balaban J connectivity index is 0.000000139. The van der Waals surface area contributed by atoms with Crippen molar-refractivity contribution in [1.82, 2.24) is 0 Å². The van der Waals surface area contributed by atoms with Crippen molar-refractivity contribution in [1.29, 1.82) is 0 Å². The summed E-state index contributed by atoms with van der Waals surface area (Å²) in [4.78, 5) is -0.0325. The SMILES string of the molecule is C.Cc1ccc(S(=O)(=O)OC2C3OCC(O3)C(O)C2O)cc1.I.OC1C2COC(O2)C2OC12.OC1C2OCC(O2)C2OC12. The van der Waals surface area contributed by atoms with E-state index < -0.39 is 59.3 Å². The highest BCUT2D eigenvalue weighted by molar-refractivity contribution is 14.0. The Bertz CT molecular complexity index is 1180. The summed E-state index contributed by atoms with van der Waals surface area (Å²) in [5.41, 5.74) is 0.910. The zero-order chi connectivity index (χ0) is 28.6. The fraction of sp³-hybridized carbons (Fsp3) is 0.769. The highest BCUT2D eigenvalue weighted by atomic mass is 127. The third-order valence-electron chi connectivity index (χ3n) is 8.17. The first-order valence-corrected chi connectivity index (χ1v) is 14.9. The van der Waals surface area contributed by atoms with E-state index in [-0.39, 0.29) is 85.8 Å². The molecule has 4 N–H and O–H groups in total. The molecule has 0 amide bonds. The number of ether oxygens (including phenoxy) is 8. The molecule has 0 aromatic heterocycles. The molecule has 9 rings (SSSR count). The van der Waals surface area contributed by atoms with Crippen LogP contribution >= 0.6 is 24.0 Å². The van der Waals surface area contributed by atoms with Crippen LogP contribution in [-0.2, 0) is 52.2 Å². The van der Waals surface area contributed by atoms with E-state index in [1.54, 1.807) is 12.1 Å². The molecule has 15 atom stereocenters. The molecule has 8 fully saturated rings. The van der Waals surface area contributed by atoms with Gasteiger partial charge in [-0.3, -0.25) is 4.18 Å². The fourth-order valence-electron chi connectivity index (χ4n) is 5.67. The lowest BCUT2D eigenvalue weighted by Crippen LogP contribution is -2.55. The molecule has 1 aromatic carbocycles. The predicted molar refractivity (Wildman–Crippen MR) is 151 cm³/mol. The summed E-state index contributed by atoms with van der Waals surface area (Å²) in [6.45, 7) is 3.01. The summed E-state index contributed by atoms with van der Waals surface area (Å²) in [6, 6.07) is 6.10. The molecule has 43 heavy (non-hydrogen) atoms. The third kappa shape index (κ3) is 6.50. The third-order valence-corrected chi connectivity index (χ3v) is 9.50. The summed E-state index contributed by atoms with van der Waals surface area (Å²) in [6.07, 6.45) is -7.23. The number of halogens is 1. The van der Waals surface area contributed by atoms with Crippen LogP contribution in [0.1, 0.15) is 13.0 Å². The monoisotopic (exact) mass is 748 g/mol. The van der Waals surface area contributed by atoms with E-state index in [9.17, 15) is 28.8 Å². The van der Waals surface area contributed by atoms with Crippen molar-refractivity contribution in [3.8, 4) is 0 Å². The molecule has 0 aliphatic carbocycles. The molecule has 8 saturated heterocycles. The standard InChI is InChI=1S/C13H16O7S.2C6H8O4.CH4.HI/c1-7-2-4-8(5-3-7)21(16,17)20-12-11(15)10(14)9-6-18-13(12)19-9;7-3-5-4(10-5)2-1-8-6(3)9-2;7-3-2-1-8-6(9-2)5-4(3)10-5;;/h2-5,9-15H,6H2,1H3;2*2-7H,1H2;1H4;1H. The molecule has 8 aliphatic rings. The van der Waals surface area contributed by atoms with Crippen LogP contribution in [0.25, 0.3) is 0 Å². The van der Waals surface area contributed by atoms with Crippen LogP contribution in [0.4, 0.5) is 0 Å². The molecule has 0 radical (unpaired) electrons. The van der Waals surface area contributed by atoms with Crippen LogP contribution in [0.3, 0.4) is 0 Å². The number of hydrogen-bond donors (Lipinski definition) is 4. The Hall–Kier alpha value is -0.620. The zero-order valence-electron chi connectivity index (χ0n) is 22.2. The van der Waals surface area contributed by atoms with Crippen molar-refractivity contribution in [2.24, 2.45) is 0 Å². The number of epoxide rings is 2. The minimum Gasteiger partial charge on any atom is -0.387 e. The predicted octanol–water partition coefficient (Wildman–Crippen LogP) is -1.46. The second kappa shape index (κ2) is 12.9. The van der Waals surface area contributed by atoms with Crippen LogP contribution in [0.5, 0.6) is 0 Å². The quantitative estimate of drug-likeness (QED) is 0.159. The zero-order valence-corrected chi connectivity index (χ0v) is 25.3. The number of benzene rings is 1. The van der Waals surface area contributed by atoms with E-state index in [0.29, 0.717) is 13.2 Å². The van der Waals surface area contributed by atoms with Crippen LogP contribution in [0, 0.1) is 6.92 Å². The molecule has 15 nitrogen and oxygen atoms in total. The van der Waals surface area contributed by atoms with Gasteiger partial charge in [0.25, 0.3) is 10.1 Å². The second-order valence-electron chi connectivity index (χ2n) is 11.0. The molecule has 1 aromatic rings. The van der Waals surface area contributed by atoms with Crippen molar-refractivity contribution >= 4 is 34.1 Å². The summed E-state index contributed by atoms with van der Waals surface area (Å²) in [7, 11) is -4.09. The van der Waals surface area contributed by atoms with Gasteiger partial charge < -0.3 is 58.3 Å². The number of aryl methyl sites for hydroxylation is 1. The molecule has 15 unspecified atom stereocenters. The Morgan fingerprint density at radius 1 is 0.651 bits per heavy atom. The van der Waals surface area contributed by atoms with Gasteiger partial charge in [0.1, 0.15) is 67.1 Å². The molecule has 244 valence electrons. The summed E-state index contributed by atoms with van der Waals surface area (Å²) >= 11 is 0. The number of hydrogen-bond acceptors (Lipinski definition) is 15. The van der Waals surface area contributed by atoms with E-state index >= 15 is 0 Å². The van der Waals surface area contributed by atoms with Crippen molar-refractivity contribution in [2.75, 3.05) is 19.8 Å². The van der Waals surface area contributed by atoms with Crippen LogP contribution in [0.15, 0.2) is 29.2 Å². The van der Waals surface area contributed by atoms with Gasteiger partial charge in [-0.15, -0.1) is 24.0 Å². The van der Waals surface area contributed by atoms with Crippen molar-refractivity contribution in [3.63, 3.8) is 0 Å². The lowest BCUT2D eigenvalue weighted by molar-refractivity contribution is -0.219. The average Bonchev–Trinajstić information content (AvgIpc) is 3.78. The first-order chi connectivity index (χ1) is 19.6. The largest absolute Gasteiger partial charge is 0.387 e. The average molecular weight is 749 g/mol. The summed E-state index contributed by atoms with van der Waals surface area (Å²) < 4.78 is 71.1. The van der Waals surface area contributed by atoms with Gasteiger partial charge in [-0.25, -0.2) is 0 Å². The molecule has 8 aliphatic heterocycles. The maximum absolute atomic E-state index is 12.2. The molecule has 0 spiro atoms. The van der Waals surface area contributed by atoms with Crippen LogP contribution in [0.2, 0.25) is 0 Å². The smallest absolute Gasteiger partial charge is 0.297 e. The van der Waals surface area contributed by atoms with Crippen molar-refractivity contribution in [2.45, 2.75) is 111 Å². The Labute approximate surface area is 265 Å². The second-order valence-corrected chi connectivity index (χ2v) is 12.6. The van der Waals surface area contributed by atoms with E-state index in [0.717, 1.165) is 5.56 Å². The van der Waals surface area contributed by atoms with E-state index in [1.165, 1.54) is 12.1 Å². The molecule has 8 heterocycles. The van der Waals surface area contributed by atoms with Gasteiger partial charge in [-0.2, -0.15) is 8.42 Å². The van der Waals surface area contributed by atoms with Gasteiger partial charge in [0.05, 0.1) is 24.7 Å². The van der Waals surface area contributed by atoms with E-state index in [2.05, 4.69) is 0 Å². The Kier molecular flexibility index (Phi) is 10.1. The molecular formula is C26H37IO15S. The topological polar surface area (TPSA) is 205 Å². The minimum atomic E-state index is -4.09. The minimum absolute atomic E-state index is 0. The van der Waals surface area contributed by atoms with Gasteiger partial charge in [0, 0.05) is 0 Å². The summed E-state index contributed by atoms with van der Waals surface area (Å²) in [5.74, 6) is 0. The van der Waals surface area contributed by atoms with E-state index in [4.69, 9.17) is 42.1 Å². The number of aliphatic hydroxyl groups excluding tert-OH is 4. The van der Waals surface area contributed by atoms with Crippen molar-refractivity contribution < 1.29 is 70.9 Å². The van der Waals surface area contributed by atoms with Crippen LogP contribution < -0.4 is 0 Å². The maximum Gasteiger partial charge on any atom is 0.297 e. The normalized spacial score (nSPS) is 47.2. The maximum atomic E-state index is 12.2. The fourth-order valence-corrected chi connectivity index (χ4v) is 6.74. The van der Waals surface area contributed by atoms with Gasteiger partial charge in [-0.1, -0.05) is 25.1 Å².